The highest BCUT2D eigenvalue weighted by atomic mass is 35.5. The Bertz CT molecular complexity index is 299. The van der Waals surface area contributed by atoms with Crippen LogP contribution in [0.2, 0.25) is 5.02 Å². The summed E-state index contributed by atoms with van der Waals surface area (Å²) in [5.41, 5.74) is 0.540. The molecule has 0 atom stereocenters. The molecule has 2 nitrogen and oxygen atoms in total. The van der Waals surface area contributed by atoms with Crippen LogP contribution in [-0.4, -0.2) is 32.2 Å². The van der Waals surface area contributed by atoms with Crippen molar-refractivity contribution in [3.63, 3.8) is 0 Å². The fourth-order valence-electron chi connectivity index (χ4n) is 1.28. The fourth-order valence-corrected chi connectivity index (χ4v) is 1.50. The Hall–Kier alpha value is -0.640. The van der Waals surface area contributed by atoms with Gasteiger partial charge in [0.15, 0.2) is 0 Å². The minimum atomic E-state index is -0.258. The molecule has 0 aromatic heterocycles. The molecular weight excluding hydrogens is 217 g/mol. The van der Waals surface area contributed by atoms with Crippen molar-refractivity contribution in [2.75, 3.05) is 27.3 Å². The third kappa shape index (κ3) is 3.78. The van der Waals surface area contributed by atoms with Crippen molar-refractivity contribution in [3.8, 4) is 0 Å². The molecule has 0 unspecified atom stereocenters. The van der Waals surface area contributed by atoms with Crippen LogP contribution in [0.4, 0.5) is 4.39 Å². The molecule has 0 heterocycles. The first-order chi connectivity index (χ1) is 7.15. The van der Waals surface area contributed by atoms with Crippen molar-refractivity contribution in [1.82, 2.24) is 4.90 Å². The number of methoxy groups -OCH3 is 1. The SMILES string of the molecule is COCCN(C)Cc1c(F)cccc1Cl. The Morgan fingerprint density at radius 2 is 2.20 bits per heavy atom. The molecule has 0 amide bonds. The highest BCUT2D eigenvalue weighted by Gasteiger charge is 2.09. The lowest BCUT2D eigenvalue weighted by Gasteiger charge is -2.17. The third-order valence-electron chi connectivity index (χ3n) is 2.17. The lowest BCUT2D eigenvalue weighted by molar-refractivity contribution is 0.158. The van der Waals surface area contributed by atoms with E-state index in [-0.39, 0.29) is 5.82 Å². The number of rotatable bonds is 5. The number of benzene rings is 1. The summed E-state index contributed by atoms with van der Waals surface area (Å²) < 4.78 is 18.3. The van der Waals surface area contributed by atoms with E-state index in [1.165, 1.54) is 6.07 Å². The van der Waals surface area contributed by atoms with Crippen LogP contribution in [0.3, 0.4) is 0 Å². The van der Waals surface area contributed by atoms with Crippen LogP contribution in [0.25, 0.3) is 0 Å². The van der Waals surface area contributed by atoms with Crippen LogP contribution in [0.1, 0.15) is 5.56 Å². The summed E-state index contributed by atoms with van der Waals surface area (Å²) in [6.45, 7) is 1.87. The second kappa shape index (κ2) is 6.05. The number of hydrogen-bond donors (Lipinski definition) is 0. The zero-order valence-electron chi connectivity index (χ0n) is 8.96. The Kier molecular flexibility index (Phi) is 5.02. The van der Waals surface area contributed by atoms with Crippen molar-refractivity contribution in [2.24, 2.45) is 0 Å². The summed E-state index contributed by atoms with van der Waals surface area (Å²) in [5.74, 6) is -0.258. The maximum atomic E-state index is 13.4. The molecule has 0 aliphatic carbocycles. The number of likely N-dealkylation sites (N-methyl/N-ethyl adjacent to an activating group) is 1. The predicted molar refractivity (Wildman–Crippen MR) is 59.6 cm³/mol. The van der Waals surface area contributed by atoms with Crippen LogP contribution in [0.15, 0.2) is 18.2 Å². The molecule has 4 heteroatoms. The molecular formula is C11H15ClFNO. The number of halogens is 2. The first kappa shape index (κ1) is 12.4. The highest BCUT2D eigenvalue weighted by Crippen LogP contribution is 2.20. The first-order valence-corrected chi connectivity index (χ1v) is 5.13. The molecule has 1 aromatic rings. The molecule has 0 spiro atoms. The van der Waals surface area contributed by atoms with E-state index in [1.807, 2.05) is 11.9 Å². The number of ether oxygens (including phenoxy) is 1. The smallest absolute Gasteiger partial charge is 0.129 e. The van der Waals surface area contributed by atoms with Crippen molar-refractivity contribution in [2.45, 2.75) is 6.54 Å². The van der Waals surface area contributed by atoms with Gasteiger partial charge in [0, 0.05) is 30.8 Å². The summed E-state index contributed by atoms with van der Waals surface area (Å²) in [6, 6.07) is 4.73. The Morgan fingerprint density at radius 3 is 2.80 bits per heavy atom. The van der Waals surface area contributed by atoms with Crippen molar-refractivity contribution in [1.29, 1.82) is 0 Å². The molecule has 0 N–H and O–H groups in total. The summed E-state index contributed by atoms with van der Waals surface area (Å²) in [7, 11) is 3.55. The summed E-state index contributed by atoms with van der Waals surface area (Å²) in [6.07, 6.45) is 0. The third-order valence-corrected chi connectivity index (χ3v) is 2.52. The molecule has 0 aliphatic heterocycles. The van der Waals surface area contributed by atoms with Crippen molar-refractivity contribution >= 4 is 11.6 Å². The molecule has 0 radical (unpaired) electrons. The van der Waals surface area contributed by atoms with Gasteiger partial charge in [-0.1, -0.05) is 17.7 Å². The van der Waals surface area contributed by atoms with E-state index < -0.39 is 0 Å². The largest absolute Gasteiger partial charge is 0.383 e. The van der Waals surface area contributed by atoms with E-state index in [0.717, 1.165) is 6.54 Å². The molecule has 0 bridgehead atoms. The lowest BCUT2D eigenvalue weighted by Crippen LogP contribution is -2.23. The van der Waals surface area contributed by atoms with Crippen LogP contribution >= 0.6 is 11.6 Å². The van der Waals surface area contributed by atoms with Crippen LogP contribution in [0.5, 0.6) is 0 Å². The molecule has 1 aromatic carbocycles. The van der Waals surface area contributed by atoms with Crippen molar-refractivity contribution in [3.05, 3.63) is 34.6 Å². The first-order valence-electron chi connectivity index (χ1n) is 4.75. The molecule has 0 fully saturated rings. The molecule has 84 valence electrons. The maximum absolute atomic E-state index is 13.4. The van der Waals surface area contributed by atoms with E-state index in [4.69, 9.17) is 16.3 Å². The van der Waals surface area contributed by atoms with Gasteiger partial charge in [-0.15, -0.1) is 0 Å². The summed E-state index contributed by atoms with van der Waals surface area (Å²) >= 11 is 5.91. The zero-order valence-corrected chi connectivity index (χ0v) is 9.72. The second-order valence-corrected chi connectivity index (χ2v) is 3.84. The number of hydrogen-bond acceptors (Lipinski definition) is 2. The number of nitrogens with zero attached hydrogens (tertiary/aromatic N) is 1. The minimum absolute atomic E-state index is 0.258. The van der Waals surface area contributed by atoms with E-state index in [0.29, 0.717) is 23.7 Å². The average molecular weight is 232 g/mol. The van der Waals surface area contributed by atoms with Crippen LogP contribution < -0.4 is 0 Å². The van der Waals surface area contributed by atoms with Gasteiger partial charge in [0.1, 0.15) is 5.82 Å². The minimum Gasteiger partial charge on any atom is -0.383 e. The monoisotopic (exact) mass is 231 g/mol. The van der Waals surface area contributed by atoms with Gasteiger partial charge in [-0.25, -0.2) is 4.39 Å². The van der Waals surface area contributed by atoms with E-state index in [2.05, 4.69) is 0 Å². The second-order valence-electron chi connectivity index (χ2n) is 3.43. The Morgan fingerprint density at radius 1 is 1.47 bits per heavy atom. The average Bonchev–Trinajstić information content (AvgIpc) is 2.21. The van der Waals surface area contributed by atoms with Gasteiger partial charge in [-0.05, 0) is 19.2 Å². The molecule has 15 heavy (non-hydrogen) atoms. The predicted octanol–water partition coefficient (Wildman–Crippen LogP) is 2.56. The van der Waals surface area contributed by atoms with Gasteiger partial charge in [-0.2, -0.15) is 0 Å². The van der Waals surface area contributed by atoms with Gasteiger partial charge >= 0.3 is 0 Å². The molecule has 0 saturated carbocycles. The van der Waals surface area contributed by atoms with Crippen molar-refractivity contribution < 1.29 is 9.13 Å². The normalized spacial score (nSPS) is 11.0. The quantitative estimate of drug-likeness (QED) is 0.772. The summed E-state index contributed by atoms with van der Waals surface area (Å²) in [5, 5.41) is 0.472. The summed E-state index contributed by atoms with van der Waals surface area (Å²) in [4.78, 5) is 1.97. The topological polar surface area (TPSA) is 12.5 Å². The van der Waals surface area contributed by atoms with Gasteiger partial charge < -0.3 is 4.74 Å². The lowest BCUT2D eigenvalue weighted by atomic mass is 10.2. The highest BCUT2D eigenvalue weighted by molar-refractivity contribution is 6.31. The van der Waals surface area contributed by atoms with Gasteiger partial charge in [0.25, 0.3) is 0 Å². The van der Waals surface area contributed by atoms with Gasteiger partial charge in [0.05, 0.1) is 6.61 Å². The van der Waals surface area contributed by atoms with Gasteiger partial charge in [0.2, 0.25) is 0 Å². The standard InChI is InChI=1S/C11H15ClFNO/c1-14(6-7-15-2)8-9-10(12)4-3-5-11(9)13/h3-5H,6-8H2,1-2H3. The van der Waals surface area contributed by atoms with E-state index in [1.54, 1.807) is 19.2 Å². The van der Waals surface area contributed by atoms with Gasteiger partial charge in [-0.3, -0.25) is 4.90 Å². The maximum Gasteiger partial charge on any atom is 0.129 e. The molecule has 0 saturated heterocycles. The molecule has 0 aliphatic rings. The molecule has 1 rings (SSSR count). The van der Waals surface area contributed by atoms with Crippen LogP contribution in [-0.2, 0) is 11.3 Å². The van der Waals surface area contributed by atoms with Crippen LogP contribution in [0, 0.1) is 5.82 Å². The van der Waals surface area contributed by atoms with E-state index >= 15 is 0 Å². The fraction of sp³-hybridized carbons (Fsp3) is 0.455. The Labute approximate surface area is 94.6 Å². The zero-order chi connectivity index (χ0) is 11.3. The Balaban J connectivity index is 2.63. The van der Waals surface area contributed by atoms with E-state index in [9.17, 15) is 4.39 Å².